The highest BCUT2D eigenvalue weighted by Gasteiger charge is 2.22. The predicted molar refractivity (Wildman–Crippen MR) is 80.1 cm³/mol. The van der Waals surface area contributed by atoms with E-state index in [-0.39, 0.29) is 16.4 Å². The summed E-state index contributed by atoms with van der Waals surface area (Å²) < 4.78 is 5.22. The highest BCUT2D eigenvalue weighted by molar-refractivity contribution is 8.15. The Labute approximate surface area is 130 Å². The van der Waals surface area contributed by atoms with Crippen molar-refractivity contribution >= 4 is 28.6 Å². The minimum Gasteiger partial charge on any atom is -0.478 e. The average molecular weight is 325 g/mol. The number of oxime groups is 2. The van der Waals surface area contributed by atoms with E-state index in [9.17, 15) is 15.2 Å². The van der Waals surface area contributed by atoms with Crippen LogP contribution in [0.25, 0.3) is 0 Å². The van der Waals surface area contributed by atoms with E-state index in [2.05, 4.69) is 10.3 Å². The lowest BCUT2D eigenvalue weighted by Gasteiger charge is -2.28. The molecule has 22 heavy (non-hydrogen) atoms. The zero-order valence-corrected chi connectivity index (χ0v) is 12.4. The van der Waals surface area contributed by atoms with E-state index < -0.39 is 5.97 Å². The van der Waals surface area contributed by atoms with Crippen LogP contribution in [-0.4, -0.2) is 63.6 Å². The number of morpholine rings is 1. The topological polar surface area (TPSA) is 115 Å². The minimum atomic E-state index is -1.02. The minimum absolute atomic E-state index is 0.118. The van der Waals surface area contributed by atoms with Crippen molar-refractivity contribution in [1.82, 2.24) is 4.90 Å². The summed E-state index contributed by atoms with van der Waals surface area (Å²) in [6.07, 6.45) is 0. The molecule has 1 aromatic rings. The zero-order valence-electron chi connectivity index (χ0n) is 11.5. The number of amidine groups is 1. The van der Waals surface area contributed by atoms with Gasteiger partial charge in [-0.1, -0.05) is 22.1 Å². The van der Waals surface area contributed by atoms with Gasteiger partial charge in [0.2, 0.25) is 5.84 Å². The SMILES string of the molecule is O=C(O)c1ccc(SC(=N/O)/C(=N/O)N2CCOCC2)cc1. The standard InChI is InChI=1S/C13H15N3O5S/c17-13(18)9-1-3-10(4-2-9)22-12(15-20)11(14-19)16-5-7-21-8-6-16/h1-4,19-20H,5-8H2,(H,17,18)/b14-11-,15-12+. The molecule has 0 radical (unpaired) electrons. The molecule has 0 atom stereocenters. The summed E-state index contributed by atoms with van der Waals surface area (Å²) in [5.74, 6) is -0.864. The smallest absolute Gasteiger partial charge is 0.335 e. The first kappa shape index (κ1) is 16.1. The van der Waals surface area contributed by atoms with Crippen molar-refractivity contribution < 1.29 is 25.1 Å². The highest BCUT2D eigenvalue weighted by Crippen LogP contribution is 2.22. The summed E-state index contributed by atoms with van der Waals surface area (Å²) in [7, 11) is 0. The molecule has 0 aliphatic carbocycles. The van der Waals surface area contributed by atoms with Gasteiger partial charge in [0, 0.05) is 18.0 Å². The number of rotatable bonds is 2. The predicted octanol–water partition coefficient (Wildman–Crippen LogP) is 1.38. The normalized spacial score (nSPS) is 16.6. The Hall–Kier alpha value is -2.26. The van der Waals surface area contributed by atoms with Crippen molar-refractivity contribution in [3.8, 4) is 0 Å². The average Bonchev–Trinajstić information content (AvgIpc) is 2.56. The van der Waals surface area contributed by atoms with Crippen LogP contribution in [0.3, 0.4) is 0 Å². The summed E-state index contributed by atoms with van der Waals surface area (Å²) in [5.41, 5.74) is 0.163. The first-order chi connectivity index (χ1) is 10.7. The summed E-state index contributed by atoms with van der Waals surface area (Å²) in [5, 5.41) is 33.7. The second-order valence-corrected chi connectivity index (χ2v) is 5.42. The van der Waals surface area contributed by atoms with Crippen molar-refractivity contribution in [1.29, 1.82) is 0 Å². The number of aromatic carboxylic acids is 1. The number of carboxylic acids is 1. The Kier molecular flexibility index (Phi) is 5.61. The fourth-order valence-corrected chi connectivity index (χ4v) is 2.70. The molecule has 0 aromatic heterocycles. The van der Waals surface area contributed by atoms with Gasteiger partial charge in [-0.15, -0.1) is 0 Å². The van der Waals surface area contributed by atoms with Gasteiger partial charge in [0.05, 0.1) is 18.8 Å². The molecule has 0 saturated carbocycles. The third-order valence-corrected chi connectivity index (χ3v) is 3.97. The third kappa shape index (κ3) is 3.89. The lowest BCUT2D eigenvalue weighted by molar-refractivity contribution is 0.0674. The van der Waals surface area contributed by atoms with Crippen LogP contribution in [-0.2, 0) is 4.74 Å². The summed E-state index contributed by atoms with van der Waals surface area (Å²) in [6.45, 7) is 2.04. The van der Waals surface area contributed by atoms with E-state index in [4.69, 9.17) is 9.84 Å². The number of thioether (sulfide) groups is 1. The Balaban J connectivity index is 2.12. The molecule has 2 rings (SSSR count). The molecule has 1 aromatic carbocycles. The molecule has 0 unspecified atom stereocenters. The van der Waals surface area contributed by atoms with E-state index in [0.29, 0.717) is 31.2 Å². The quantitative estimate of drug-likeness (QED) is 0.247. The van der Waals surface area contributed by atoms with Crippen LogP contribution >= 0.6 is 11.8 Å². The molecule has 0 spiro atoms. The number of hydrogen-bond acceptors (Lipinski definition) is 7. The molecule has 9 heteroatoms. The lowest BCUT2D eigenvalue weighted by Crippen LogP contribution is -2.43. The van der Waals surface area contributed by atoms with Crippen LogP contribution in [0, 0.1) is 0 Å². The fourth-order valence-electron chi connectivity index (χ4n) is 1.90. The summed E-state index contributed by atoms with van der Waals surface area (Å²) in [4.78, 5) is 13.2. The molecular formula is C13H15N3O5S. The van der Waals surface area contributed by atoms with Crippen LogP contribution in [0.15, 0.2) is 39.5 Å². The first-order valence-corrected chi connectivity index (χ1v) is 7.25. The van der Waals surface area contributed by atoms with Gasteiger partial charge in [-0.05, 0) is 24.3 Å². The Morgan fingerprint density at radius 3 is 2.27 bits per heavy atom. The Bertz CT molecular complexity index is 582. The van der Waals surface area contributed by atoms with E-state index in [0.717, 1.165) is 11.8 Å². The monoisotopic (exact) mass is 325 g/mol. The van der Waals surface area contributed by atoms with Crippen LogP contribution < -0.4 is 0 Å². The second-order valence-electron chi connectivity index (χ2n) is 4.36. The van der Waals surface area contributed by atoms with Gasteiger partial charge in [0.1, 0.15) is 0 Å². The maximum absolute atomic E-state index is 10.8. The second kappa shape index (κ2) is 7.66. The maximum atomic E-state index is 10.8. The molecule has 3 N–H and O–H groups in total. The van der Waals surface area contributed by atoms with Crippen LogP contribution in [0.4, 0.5) is 0 Å². The molecule has 1 saturated heterocycles. The van der Waals surface area contributed by atoms with Gasteiger partial charge < -0.3 is 25.2 Å². The van der Waals surface area contributed by atoms with Crippen molar-refractivity contribution in [3.63, 3.8) is 0 Å². The number of nitrogens with zero attached hydrogens (tertiary/aromatic N) is 3. The van der Waals surface area contributed by atoms with Crippen molar-refractivity contribution in [3.05, 3.63) is 29.8 Å². The maximum Gasteiger partial charge on any atom is 0.335 e. The number of hydrogen-bond donors (Lipinski definition) is 3. The molecular weight excluding hydrogens is 310 g/mol. The lowest BCUT2D eigenvalue weighted by atomic mass is 10.2. The number of benzene rings is 1. The molecule has 1 heterocycles. The van der Waals surface area contributed by atoms with Crippen LogP contribution in [0.1, 0.15) is 10.4 Å². The fraction of sp³-hybridized carbons (Fsp3) is 0.308. The number of carbonyl (C=O) groups is 1. The van der Waals surface area contributed by atoms with Crippen molar-refractivity contribution in [2.75, 3.05) is 26.3 Å². The summed E-state index contributed by atoms with van der Waals surface area (Å²) in [6, 6.07) is 6.08. The van der Waals surface area contributed by atoms with E-state index >= 15 is 0 Å². The van der Waals surface area contributed by atoms with Gasteiger partial charge in [-0.2, -0.15) is 0 Å². The van der Waals surface area contributed by atoms with E-state index in [1.165, 1.54) is 12.1 Å². The largest absolute Gasteiger partial charge is 0.478 e. The van der Waals surface area contributed by atoms with Gasteiger partial charge in [0.15, 0.2) is 5.04 Å². The highest BCUT2D eigenvalue weighted by atomic mass is 32.2. The molecule has 8 nitrogen and oxygen atoms in total. The van der Waals surface area contributed by atoms with Gasteiger partial charge in [-0.25, -0.2) is 4.79 Å². The van der Waals surface area contributed by atoms with Crippen molar-refractivity contribution in [2.45, 2.75) is 4.90 Å². The van der Waals surface area contributed by atoms with Crippen LogP contribution in [0.5, 0.6) is 0 Å². The van der Waals surface area contributed by atoms with Gasteiger partial charge in [0.25, 0.3) is 0 Å². The van der Waals surface area contributed by atoms with E-state index in [1.807, 2.05) is 0 Å². The number of carboxylic acid groups (broad SMARTS) is 1. The molecule has 1 aliphatic rings. The molecule has 1 fully saturated rings. The Morgan fingerprint density at radius 2 is 1.77 bits per heavy atom. The number of ether oxygens (including phenoxy) is 1. The third-order valence-electron chi connectivity index (χ3n) is 3.00. The van der Waals surface area contributed by atoms with E-state index in [1.54, 1.807) is 17.0 Å². The molecule has 0 bridgehead atoms. The molecule has 1 aliphatic heterocycles. The summed E-state index contributed by atoms with van der Waals surface area (Å²) >= 11 is 1.07. The first-order valence-electron chi connectivity index (χ1n) is 6.44. The van der Waals surface area contributed by atoms with Crippen molar-refractivity contribution in [2.24, 2.45) is 10.3 Å². The Morgan fingerprint density at radius 1 is 1.14 bits per heavy atom. The zero-order chi connectivity index (χ0) is 15.9. The van der Waals surface area contributed by atoms with Gasteiger partial charge in [-0.3, -0.25) is 0 Å². The molecule has 0 amide bonds. The molecule has 118 valence electrons. The van der Waals surface area contributed by atoms with Crippen LogP contribution in [0.2, 0.25) is 0 Å². The van der Waals surface area contributed by atoms with Gasteiger partial charge >= 0.3 is 5.97 Å².